The summed E-state index contributed by atoms with van der Waals surface area (Å²) in [5.74, 6) is 0.915. The number of fused-ring (bicyclic) bond motifs is 4. The van der Waals surface area contributed by atoms with E-state index in [0.717, 1.165) is 11.0 Å². The van der Waals surface area contributed by atoms with Crippen LogP contribution in [0, 0.1) is 11.8 Å². The molecular formula is C44H46Cl2N2SiZr. The summed E-state index contributed by atoms with van der Waals surface area (Å²) in [6, 6.07) is 35.8. The molecule has 6 heteroatoms. The third-order valence-electron chi connectivity index (χ3n) is 11.3. The van der Waals surface area contributed by atoms with Gasteiger partial charge in [0, 0.05) is 0 Å². The predicted molar refractivity (Wildman–Crippen MR) is 220 cm³/mol. The first kappa shape index (κ1) is 36.6. The van der Waals surface area contributed by atoms with Crippen molar-refractivity contribution in [3.05, 3.63) is 143 Å². The Bertz CT molecular complexity index is 2250. The van der Waals surface area contributed by atoms with E-state index in [1.54, 1.807) is 11.1 Å². The monoisotopic (exact) mass is 790 g/mol. The number of hydrogen-bond donors (Lipinski definition) is 0. The predicted octanol–water partition coefficient (Wildman–Crippen LogP) is 12.2. The maximum absolute atomic E-state index is 4.87. The van der Waals surface area contributed by atoms with E-state index in [1.165, 1.54) is 55.3 Å². The number of hydrogen-bond acceptors (Lipinski definition) is 2. The zero-order chi connectivity index (χ0) is 33.4. The van der Waals surface area contributed by atoms with E-state index in [0.29, 0.717) is 19.1 Å². The minimum atomic E-state index is -3.84. The zero-order valence-electron chi connectivity index (χ0n) is 29.8. The van der Waals surface area contributed by atoms with Crippen molar-refractivity contribution >= 4 is 65.7 Å². The zero-order valence-corrected chi connectivity index (χ0v) is 35.3. The van der Waals surface area contributed by atoms with E-state index >= 15 is 0 Å². The number of nitrogens with zero attached hydrogens (tertiary/aromatic N) is 2. The summed E-state index contributed by atoms with van der Waals surface area (Å²) in [5, 5.41) is 2.38. The van der Waals surface area contributed by atoms with Gasteiger partial charge in [-0.05, 0) is 0 Å². The van der Waals surface area contributed by atoms with Crippen molar-refractivity contribution in [2.24, 2.45) is 11.8 Å². The van der Waals surface area contributed by atoms with E-state index in [9.17, 15) is 0 Å². The van der Waals surface area contributed by atoms with Crippen molar-refractivity contribution in [2.45, 2.75) is 44.2 Å². The molecule has 50 heavy (non-hydrogen) atoms. The Morgan fingerprint density at radius 3 is 1.28 bits per heavy atom. The van der Waals surface area contributed by atoms with Crippen molar-refractivity contribution in [3.8, 4) is 22.3 Å². The van der Waals surface area contributed by atoms with Crippen molar-refractivity contribution in [1.82, 2.24) is 9.97 Å². The number of aromatic nitrogens is 2. The second-order valence-electron chi connectivity index (χ2n) is 15.8. The summed E-state index contributed by atoms with van der Waals surface area (Å²) in [6.07, 6.45) is 9.02. The fraction of sp³-hybridized carbons (Fsp3) is 0.227. The molecule has 0 N–H and O–H groups in total. The number of allylic oxidation sites excluding steroid dienone is 2. The van der Waals surface area contributed by atoms with Crippen molar-refractivity contribution in [2.75, 3.05) is 0 Å². The van der Waals surface area contributed by atoms with Gasteiger partial charge in [-0.2, -0.15) is 0 Å². The Balaban J connectivity index is 0.00000216. The molecule has 6 aromatic rings. The van der Waals surface area contributed by atoms with E-state index < -0.39 is 17.4 Å². The standard InChI is InChI=1S/2C21H18N.2CH3.2ClH.H2Si.Zr/c2*1-14(2)17-12-16-7-4-9-18(20(16)13-17)19-10-3-6-15-8-5-11-22-21(15)19;;;;;;/h2*3-14H,1-2H3;2*1H3;2*1H;1H2;. The molecule has 0 bridgehead atoms. The van der Waals surface area contributed by atoms with Gasteiger partial charge in [0.25, 0.3) is 0 Å². The SMILES string of the molecule is CC(C)C1=Cc2c(-c3cccc4cccnc34)cccc2[CH]1[Zr]([CH3])([CH3])(=[SiH2])[CH]1C(C(C)C)=Cc2c(-c3cccc4cccnc34)cccc21.Cl.Cl. The Morgan fingerprint density at radius 1 is 0.520 bits per heavy atom. The van der Waals surface area contributed by atoms with Gasteiger partial charge in [-0.15, -0.1) is 24.8 Å². The Morgan fingerprint density at radius 2 is 0.880 bits per heavy atom. The Kier molecular flexibility index (Phi) is 9.85. The van der Waals surface area contributed by atoms with Crippen LogP contribution < -0.4 is 0 Å². The summed E-state index contributed by atoms with van der Waals surface area (Å²) in [6.45, 7) is 12.1. The van der Waals surface area contributed by atoms with Gasteiger partial charge >= 0.3 is 289 Å². The minimum Gasteiger partial charge on any atom is -0.147 e. The van der Waals surface area contributed by atoms with Crippen molar-refractivity contribution < 1.29 is 17.4 Å². The molecular weight excluding hydrogens is 747 g/mol. The van der Waals surface area contributed by atoms with Crippen LogP contribution in [0.4, 0.5) is 0 Å². The molecule has 0 fully saturated rings. The Hall–Kier alpha value is -3.14. The van der Waals surface area contributed by atoms with Crippen LogP contribution in [-0.2, 0) is 17.4 Å². The van der Waals surface area contributed by atoms with Crippen LogP contribution in [0.1, 0.15) is 57.2 Å². The second-order valence-corrected chi connectivity index (χ2v) is 46.3. The second kappa shape index (κ2) is 13.4. The molecule has 4 aromatic carbocycles. The quantitative estimate of drug-likeness (QED) is 0.157. The number of pyridine rings is 2. The molecule has 2 atom stereocenters. The third-order valence-corrected chi connectivity index (χ3v) is 28.6. The van der Waals surface area contributed by atoms with Crippen LogP contribution in [0.3, 0.4) is 0 Å². The van der Waals surface area contributed by atoms with Gasteiger partial charge in [0.1, 0.15) is 0 Å². The van der Waals surface area contributed by atoms with Crippen LogP contribution >= 0.6 is 24.8 Å². The van der Waals surface area contributed by atoms with Crippen LogP contribution in [0.2, 0.25) is 9.26 Å². The summed E-state index contributed by atoms with van der Waals surface area (Å²) in [7, 11) is 0. The molecule has 0 saturated carbocycles. The van der Waals surface area contributed by atoms with Crippen LogP contribution in [0.25, 0.3) is 56.2 Å². The molecule has 2 aliphatic rings. The van der Waals surface area contributed by atoms with Crippen LogP contribution in [0.15, 0.2) is 121 Å². The topological polar surface area (TPSA) is 25.8 Å². The molecule has 0 spiro atoms. The maximum Gasteiger partial charge on any atom is -0.147 e. The average molecular weight is 793 g/mol. The number of benzene rings is 4. The molecule has 2 unspecified atom stereocenters. The summed E-state index contributed by atoms with van der Waals surface area (Å²) in [5.41, 5.74) is 16.3. The molecule has 2 aliphatic carbocycles. The van der Waals surface area contributed by atoms with Gasteiger partial charge in [0.05, 0.1) is 0 Å². The maximum atomic E-state index is 4.87. The number of rotatable bonds is 6. The number of para-hydroxylation sites is 2. The first-order valence-electron chi connectivity index (χ1n) is 17.5. The molecule has 254 valence electrons. The van der Waals surface area contributed by atoms with E-state index in [2.05, 4.69) is 141 Å². The van der Waals surface area contributed by atoms with Crippen LogP contribution in [0.5, 0.6) is 0 Å². The van der Waals surface area contributed by atoms with Gasteiger partial charge in [-0.3, -0.25) is 0 Å². The molecule has 8 rings (SSSR count). The summed E-state index contributed by atoms with van der Waals surface area (Å²) >= 11 is -3.84. The van der Waals surface area contributed by atoms with E-state index in [-0.39, 0.29) is 24.8 Å². The summed E-state index contributed by atoms with van der Waals surface area (Å²) < 4.78 is 6.43. The van der Waals surface area contributed by atoms with E-state index in [1.807, 2.05) is 24.5 Å². The van der Waals surface area contributed by atoms with Crippen molar-refractivity contribution in [1.29, 1.82) is 0 Å². The number of halogens is 2. The minimum absolute atomic E-state index is 0. The first-order valence-corrected chi connectivity index (χ1v) is 31.2. The van der Waals surface area contributed by atoms with Crippen molar-refractivity contribution in [3.63, 3.8) is 0 Å². The van der Waals surface area contributed by atoms with Crippen LogP contribution in [-0.4, -0.2) is 16.8 Å². The Labute approximate surface area is 311 Å². The average Bonchev–Trinajstić information content (AvgIpc) is 3.70. The molecule has 0 radical (unpaired) electrons. The van der Waals surface area contributed by atoms with Gasteiger partial charge in [0.2, 0.25) is 0 Å². The molecule has 2 aromatic heterocycles. The summed E-state index contributed by atoms with van der Waals surface area (Å²) in [4.78, 5) is 9.74. The molecule has 2 nitrogen and oxygen atoms in total. The molecule has 0 aliphatic heterocycles. The van der Waals surface area contributed by atoms with Gasteiger partial charge in [-0.1, -0.05) is 0 Å². The van der Waals surface area contributed by atoms with E-state index in [4.69, 9.17) is 9.97 Å². The fourth-order valence-electron chi connectivity index (χ4n) is 9.25. The smallest absolute Gasteiger partial charge is 0.147 e. The normalized spacial score (nSPS) is 16.9. The molecule has 0 saturated heterocycles. The van der Waals surface area contributed by atoms with Gasteiger partial charge in [0.15, 0.2) is 0 Å². The molecule has 0 amide bonds. The fourth-order valence-corrected chi connectivity index (χ4v) is 29.1. The third kappa shape index (κ3) is 5.72. The van der Waals surface area contributed by atoms with Gasteiger partial charge in [-0.25, -0.2) is 0 Å². The van der Waals surface area contributed by atoms with Gasteiger partial charge < -0.3 is 0 Å². The largest absolute Gasteiger partial charge is 0.147 e. The first-order chi connectivity index (χ1) is 23.0. The molecule has 2 heterocycles.